The number of aromatic amines is 1. The first kappa shape index (κ1) is 14.6. The van der Waals surface area contributed by atoms with Crippen molar-refractivity contribution in [1.29, 1.82) is 0 Å². The molecule has 0 saturated carbocycles. The van der Waals surface area contributed by atoms with Crippen molar-refractivity contribution < 1.29 is 0 Å². The average Bonchev–Trinajstić information content (AvgIpc) is 3.29. The number of H-pyrrole nitrogens is 1. The molecule has 0 amide bonds. The minimum Gasteiger partial charge on any atom is -0.293 e. The first-order valence-corrected chi connectivity index (χ1v) is 7.09. The third kappa shape index (κ3) is 2.30. The molecule has 0 bridgehead atoms. The van der Waals surface area contributed by atoms with Crippen LogP contribution in [0.1, 0.15) is 11.5 Å². The van der Waals surface area contributed by atoms with Crippen molar-refractivity contribution >= 4 is 22.8 Å². The van der Waals surface area contributed by atoms with E-state index in [2.05, 4.69) is 50.4 Å². The molecule has 12 heteroatoms. The summed E-state index contributed by atoms with van der Waals surface area (Å²) in [5, 5.41) is 23.7. The molecule has 122 valence electrons. The van der Waals surface area contributed by atoms with E-state index < -0.39 is 0 Å². The number of hydrogen-bond acceptors (Lipinski definition) is 8. The number of rotatable bonds is 3. The van der Waals surface area contributed by atoms with Gasteiger partial charge in [0.05, 0.1) is 18.5 Å². The quantitative estimate of drug-likeness (QED) is 0.450. The molecule has 4 aromatic heterocycles. The molecule has 0 saturated heterocycles. The van der Waals surface area contributed by atoms with Crippen molar-refractivity contribution in [2.45, 2.75) is 13.8 Å². The molecule has 0 radical (unpaired) electrons. The molecule has 25 heavy (non-hydrogen) atoms. The highest BCUT2D eigenvalue weighted by Gasteiger charge is 2.16. The summed E-state index contributed by atoms with van der Waals surface area (Å²) in [6, 6.07) is 0. The monoisotopic (exact) mass is 334 g/mol. The number of fused-ring (bicyclic) bond motifs is 1. The Labute approximate surface area is 140 Å². The summed E-state index contributed by atoms with van der Waals surface area (Å²) in [6.45, 7) is 10.9. The Bertz CT molecular complexity index is 1120. The molecule has 0 spiro atoms. The van der Waals surface area contributed by atoms with Gasteiger partial charge in [0, 0.05) is 0 Å². The van der Waals surface area contributed by atoms with Crippen LogP contribution in [0.15, 0.2) is 29.1 Å². The first-order chi connectivity index (χ1) is 12.2. The van der Waals surface area contributed by atoms with E-state index in [0.717, 1.165) is 5.69 Å². The van der Waals surface area contributed by atoms with Crippen molar-refractivity contribution in [2.75, 3.05) is 0 Å². The molecule has 4 heterocycles. The third-order valence-electron chi connectivity index (χ3n) is 3.43. The van der Waals surface area contributed by atoms with Gasteiger partial charge in [-0.15, -0.1) is 20.4 Å². The van der Waals surface area contributed by atoms with Crippen LogP contribution in [0.2, 0.25) is 0 Å². The molecule has 4 rings (SSSR count). The minimum atomic E-state index is 0.219. The van der Waals surface area contributed by atoms with Gasteiger partial charge in [0.25, 0.3) is 11.6 Å². The van der Waals surface area contributed by atoms with Gasteiger partial charge in [0.1, 0.15) is 18.5 Å². The molecule has 0 fully saturated rings. The van der Waals surface area contributed by atoms with Gasteiger partial charge in [0.2, 0.25) is 5.65 Å². The molecule has 4 aromatic rings. The van der Waals surface area contributed by atoms with Crippen LogP contribution >= 0.6 is 0 Å². The second-order valence-corrected chi connectivity index (χ2v) is 5.01. The Kier molecular flexibility index (Phi) is 3.24. The zero-order valence-electron chi connectivity index (χ0n) is 13.2. The first-order valence-electron chi connectivity index (χ1n) is 7.09. The van der Waals surface area contributed by atoms with E-state index in [0.29, 0.717) is 17.2 Å². The lowest BCUT2D eigenvalue weighted by molar-refractivity contribution is 0.790. The lowest BCUT2D eigenvalue weighted by atomic mass is 10.4. The Morgan fingerprint density at radius 2 is 1.96 bits per heavy atom. The van der Waals surface area contributed by atoms with Gasteiger partial charge in [-0.1, -0.05) is 0 Å². The Morgan fingerprint density at radius 1 is 1.16 bits per heavy atom. The van der Waals surface area contributed by atoms with E-state index in [1.54, 1.807) is 4.52 Å². The molecular weight excluding hydrogens is 324 g/mol. The molecule has 0 atom stereocenters. The average molecular weight is 334 g/mol. The molecule has 0 aromatic carbocycles. The van der Waals surface area contributed by atoms with Crippen molar-refractivity contribution in [3.05, 3.63) is 41.8 Å². The predicted octanol–water partition coefficient (Wildman–Crippen LogP) is 2.01. The van der Waals surface area contributed by atoms with Crippen LogP contribution in [0.5, 0.6) is 0 Å². The number of nitrogens with zero attached hydrogens (tertiary/aromatic N) is 11. The van der Waals surface area contributed by atoms with Crippen LogP contribution in [-0.2, 0) is 0 Å². The number of azo groups is 1. The van der Waals surface area contributed by atoms with Gasteiger partial charge in [0.15, 0.2) is 11.5 Å². The van der Waals surface area contributed by atoms with Crippen molar-refractivity contribution in [1.82, 2.24) is 44.5 Å². The van der Waals surface area contributed by atoms with Crippen LogP contribution in [0.4, 0.5) is 17.2 Å². The normalized spacial score (nSPS) is 11.4. The van der Waals surface area contributed by atoms with Gasteiger partial charge < -0.3 is 0 Å². The van der Waals surface area contributed by atoms with Gasteiger partial charge in [-0.2, -0.15) is 19.7 Å². The second kappa shape index (κ2) is 5.57. The Balaban J connectivity index is 1.83. The summed E-state index contributed by atoms with van der Waals surface area (Å²) < 4.78 is 3.04. The second-order valence-electron chi connectivity index (χ2n) is 5.01. The van der Waals surface area contributed by atoms with Crippen LogP contribution in [0.3, 0.4) is 0 Å². The van der Waals surface area contributed by atoms with E-state index in [-0.39, 0.29) is 17.5 Å². The fourth-order valence-electron chi connectivity index (χ4n) is 2.25. The standard InChI is InChI=1S/C13H10N12/c1-7-10(12-22-19-8(2)24(12)23-7)20-21-11-9(14-3)4-18-25(11)13-16-5-15-6-17-13/h4-6,23H,1-2H3. The zero-order valence-corrected chi connectivity index (χ0v) is 13.2. The highest BCUT2D eigenvalue weighted by atomic mass is 15.4. The summed E-state index contributed by atoms with van der Waals surface area (Å²) in [7, 11) is 0. The van der Waals surface area contributed by atoms with Crippen LogP contribution in [-0.4, -0.2) is 44.5 Å². The molecule has 1 N–H and O–H groups in total. The molecule has 12 nitrogen and oxygen atoms in total. The van der Waals surface area contributed by atoms with Crippen LogP contribution in [0.25, 0.3) is 16.4 Å². The van der Waals surface area contributed by atoms with Gasteiger partial charge in [-0.25, -0.2) is 14.3 Å². The molecule has 0 unspecified atom stereocenters. The summed E-state index contributed by atoms with van der Waals surface area (Å²) in [5.41, 5.74) is 2.08. The number of nitrogens with one attached hydrogen (secondary N) is 1. The van der Waals surface area contributed by atoms with Crippen molar-refractivity contribution in [3.63, 3.8) is 0 Å². The van der Waals surface area contributed by atoms with E-state index in [1.165, 1.54) is 23.5 Å². The van der Waals surface area contributed by atoms with E-state index in [9.17, 15) is 0 Å². The SMILES string of the molecule is [C-]#[N+]c1cnn(-c2ncncn2)c1N=Nc1c(C)[nH]n2c(C)nnc12. The minimum absolute atomic E-state index is 0.219. The maximum Gasteiger partial charge on any atom is 0.254 e. The molecule has 0 aliphatic carbocycles. The fraction of sp³-hybridized carbons (Fsp3) is 0.154. The maximum absolute atomic E-state index is 7.27. The van der Waals surface area contributed by atoms with Gasteiger partial charge in [-0.05, 0) is 13.8 Å². The van der Waals surface area contributed by atoms with E-state index in [4.69, 9.17) is 6.57 Å². The van der Waals surface area contributed by atoms with Crippen LogP contribution < -0.4 is 0 Å². The number of aryl methyl sites for hydroxylation is 2. The van der Waals surface area contributed by atoms with Gasteiger partial charge in [-0.3, -0.25) is 5.10 Å². The summed E-state index contributed by atoms with van der Waals surface area (Å²) in [5.74, 6) is 1.17. The molecule has 0 aliphatic heterocycles. The van der Waals surface area contributed by atoms with Crippen LogP contribution in [0, 0.1) is 20.4 Å². The molecular formula is C13H10N12. The number of hydrogen-bond donors (Lipinski definition) is 1. The topological polar surface area (TPSA) is 132 Å². The maximum atomic E-state index is 7.27. The number of aromatic nitrogens is 9. The lowest BCUT2D eigenvalue weighted by Crippen LogP contribution is -2.01. The van der Waals surface area contributed by atoms with E-state index in [1.807, 2.05) is 13.8 Å². The largest absolute Gasteiger partial charge is 0.293 e. The third-order valence-corrected chi connectivity index (χ3v) is 3.43. The zero-order chi connectivity index (χ0) is 17.4. The Hall–Kier alpha value is -4.01. The smallest absolute Gasteiger partial charge is 0.254 e. The highest BCUT2D eigenvalue weighted by Crippen LogP contribution is 2.32. The predicted molar refractivity (Wildman–Crippen MR) is 84.2 cm³/mol. The lowest BCUT2D eigenvalue weighted by Gasteiger charge is -2.00. The Morgan fingerprint density at radius 3 is 2.72 bits per heavy atom. The van der Waals surface area contributed by atoms with E-state index >= 15 is 0 Å². The summed E-state index contributed by atoms with van der Waals surface area (Å²) in [6.07, 6.45) is 4.05. The fourth-order valence-corrected chi connectivity index (χ4v) is 2.25. The molecule has 0 aliphatic rings. The van der Waals surface area contributed by atoms with Crippen molar-refractivity contribution in [2.24, 2.45) is 10.2 Å². The van der Waals surface area contributed by atoms with Crippen molar-refractivity contribution in [3.8, 4) is 5.95 Å². The summed E-state index contributed by atoms with van der Waals surface area (Å²) >= 11 is 0. The highest BCUT2D eigenvalue weighted by molar-refractivity contribution is 5.67. The van der Waals surface area contributed by atoms with Gasteiger partial charge >= 0.3 is 0 Å². The summed E-state index contributed by atoms with van der Waals surface area (Å²) in [4.78, 5) is 15.2.